The zero-order valence-corrected chi connectivity index (χ0v) is 11.0. The molecule has 0 bridgehead atoms. The minimum absolute atomic E-state index is 0.302. The molecule has 0 aromatic heterocycles. The van der Waals surface area contributed by atoms with E-state index in [1.165, 1.54) is 24.8 Å². The molecule has 2 aliphatic carbocycles. The van der Waals surface area contributed by atoms with E-state index >= 15 is 0 Å². The van der Waals surface area contributed by atoms with Gasteiger partial charge in [0.05, 0.1) is 0 Å². The van der Waals surface area contributed by atoms with Gasteiger partial charge in [0.2, 0.25) is 5.91 Å². The van der Waals surface area contributed by atoms with Crippen LogP contribution in [0.25, 0.3) is 0 Å². The summed E-state index contributed by atoms with van der Waals surface area (Å²) in [6, 6.07) is 5.53. The Hall–Kier alpha value is -1.51. The molecule has 2 saturated carbocycles. The lowest BCUT2D eigenvalue weighted by molar-refractivity contribution is -0.134. The summed E-state index contributed by atoms with van der Waals surface area (Å²) in [5.74, 6) is 2.38. The van der Waals surface area contributed by atoms with E-state index in [4.69, 9.17) is 0 Å². The van der Waals surface area contributed by atoms with Crippen LogP contribution in [0.4, 0.5) is 0 Å². The van der Waals surface area contributed by atoms with Gasteiger partial charge >= 0.3 is 0 Å². The third-order valence-corrected chi connectivity index (χ3v) is 5.21. The fraction of sp³-hybridized carbons (Fsp3) is 0.562. The second-order valence-corrected chi connectivity index (χ2v) is 6.25. The van der Waals surface area contributed by atoms with Gasteiger partial charge in [-0.05, 0) is 54.4 Å². The number of rotatable bonds is 1. The molecule has 1 amide bonds. The Balaban J connectivity index is 1.51. The summed E-state index contributed by atoms with van der Waals surface area (Å²) in [6.07, 6.45) is 4.75. The molecule has 1 aromatic rings. The molecular formula is C16H19NO2. The third-order valence-electron chi connectivity index (χ3n) is 5.21. The van der Waals surface area contributed by atoms with Crippen molar-refractivity contribution in [1.29, 1.82) is 0 Å². The molecule has 3 nitrogen and oxygen atoms in total. The molecule has 1 aliphatic heterocycles. The van der Waals surface area contributed by atoms with Crippen LogP contribution in [0.2, 0.25) is 0 Å². The Bertz CT molecular complexity index is 530. The zero-order chi connectivity index (χ0) is 13.0. The maximum atomic E-state index is 12.5. The van der Waals surface area contributed by atoms with Crippen LogP contribution in [-0.4, -0.2) is 22.5 Å². The number of amides is 1. The first-order valence-corrected chi connectivity index (χ1v) is 7.33. The smallest absolute Gasteiger partial charge is 0.226 e. The second-order valence-electron chi connectivity index (χ2n) is 6.25. The number of aromatic hydroxyl groups is 1. The molecule has 1 heterocycles. The van der Waals surface area contributed by atoms with Crippen LogP contribution in [0.3, 0.4) is 0 Å². The van der Waals surface area contributed by atoms with Crippen molar-refractivity contribution in [2.75, 3.05) is 6.54 Å². The quantitative estimate of drug-likeness (QED) is 0.838. The van der Waals surface area contributed by atoms with Gasteiger partial charge < -0.3 is 10.0 Å². The van der Waals surface area contributed by atoms with Crippen molar-refractivity contribution in [2.45, 2.75) is 32.2 Å². The highest BCUT2D eigenvalue weighted by molar-refractivity contribution is 5.82. The largest absolute Gasteiger partial charge is 0.508 e. The summed E-state index contributed by atoms with van der Waals surface area (Å²) in [7, 11) is 0. The van der Waals surface area contributed by atoms with Crippen LogP contribution in [0.5, 0.6) is 5.75 Å². The maximum absolute atomic E-state index is 12.5. The molecule has 1 N–H and O–H groups in total. The third kappa shape index (κ3) is 1.75. The summed E-state index contributed by atoms with van der Waals surface area (Å²) in [6.45, 7) is 1.52. The highest BCUT2D eigenvalue weighted by Gasteiger charge is 2.57. The van der Waals surface area contributed by atoms with E-state index in [2.05, 4.69) is 0 Å². The first-order chi connectivity index (χ1) is 9.24. The molecule has 2 unspecified atom stereocenters. The summed E-state index contributed by atoms with van der Waals surface area (Å²) >= 11 is 0. The van der Waals surface area contributed by atoms with Gasteiger partial charge in [-0.3, -0.25) is 4.79 Å². The average Bonchev–Trinajstić information content (AvgIpc) is 2.89. The van der Waals surface area contributed by atoms with Crippen molar-refractivity contribution in [3.05, 3.63) is 29.3 Å². The van der Waals surface area contributed by atoms with Crippen molar-refractivity contribution in [3.63, 3.8) is 0 Å². The van der Waals surface area contributed by atoms with E-state index in [9.17, 15) is 9.90 Å². The van der Waals surface area contributed by atoms with Gasteiger partial charge in [0.1, 0.15) is 5.75 Å². The van der Waals surface area contributed by atoms with Gasteiger partial charge in [0, 0.05) is 19.0 Å². The van der Waals surface area contributed by atoms with Gasteiger partial charge in [-0.15, -0.1) is 0 Å². The Labute approximate surface area is 113 Å². The molecule has 4 rings (SSSR count). The standard InChI is InChI=1S/C16H19NO2/c18-12-5-4-10-6-7-17(9-11(10)8-12)16(19)15-13-2-1-3-14(13)15/h4-5,8,13-15,18H,1-3,6-7,9H2. The monoisotopic (exact) mass is 257 g/mol. The molecule has 3 aliphatic rings. The minimum Gasteiger partial charge on any atom is -0.508 e. The molecule has 19 heavy (non-hydrogen) atoms. The number of benzene rings is 1. The molecule has 0 spiro atoms. The normalized spacial score (nSPS) is 31.8. The Morgan fingerprint density at radius 2 is 2.00 bits per heavy atom. The topological polar surface area (TPSA) is 40.5 Å². The van der Waals surface area contributed by atoms with E-state index in [1.54, 1.807) is 6.07 Å². The predicted molar refractivity (Wildman–Crippen MR) is 71.5 cm³/mol. The fourth-order valence-corrected chi connectivity index (χ4v) is 4.13. The van der Waals surface area contributed by atoms with E-state index < -0.39 is 0 Å². The van der Waals surface area contributed by atoms with Crippen LogP contribution < -0.4 is 0 Å². The van der Waals surface area contributed by atoms with Crippen molar-refractivity contribution in [1.82, 2.24) is 4.90 Å². The number of fused-ring (bicyclic) bond motifs is 2. The fourth-order valence-electron chi connectivity index (χ4n) is 4.13. The number of carbonyl (C=O) groups is 1. The molecule has 2 fully saturated rings. The molecule has 2 atom stereocenters. The first kappa shape index (κ1) is 11.3. The number of hydrogen-bond acceptors (Lipinski definition) is 2. The van der Waals surface area contributed by atoms with E-state index in [-0.39, 0.29) is 0 Å². The first-order valence-electron chi connectivity index (χ1n) is 7.33. The molecular weight excluding hydrogens is 238 g/mol. The van der Waals surface area contributed by atoms with Crippen molar-refractivity contribution in [2.24, 2.45) is 17.8 Å². The predicted octanol–water partition coefficient (Wildman–Crippen LogP) is 2.32. The van der Waals surface area contributed by atoms with Crippen molar-refractivity contribution < 1.29 is 9.90 Å². The summed E-state index contributed by atoms with van der Waals surface area (Å²) in [5, 5.41) is 9.56. The van der Waals surface area contributed by atoms with Crippen molar-refractivity contribution in [3.8, 4) is 5.75 Å². The van der Waals surface area contributed by atoms with E-state index in [1.807, 2.05) is 17.0 Å². The van der Waals surface area contributed by atoms with Crippen molar-refractivity contribution >= 4 is 5.91 Å². The van der Waals surface area contributed by atoms with Crippen LogP contribution in [-0.2, 0) is 17.8 Å². The minimum atomic E-state index is 0.302. The number of hydrogen-bond donors (Lipinski definition) is 1. The SMILES string of the molecule is O=C(C1C2CCCC21)N1CCc2ccc(O)cc2C1. The Kier molecular flexibility index (Phi) is 2.38. The van der Waals surface area contributed by atoms with Gasteiger partial charge in [-0.1, -0.05) is 12.5 Å². The highest BCUT2D eigenvalue weighted by atomic mass is 16.3. The average molecular weight is 257 g/mol. The summed E-state index contributed by atoms with van der Waals surface area (Å²) in [4.78, 5) is 14.5. The molecule has 0 saturated heterocycles. The lowest BCUT2D eigenvalue weighted by Gasteiger charge is -2.29. The van der Waals surface area contributed by atoms with Gasteiger partial charge in [-0.25, -0.2) is 0 Å². The molecule has 3 heteroatoms. The molecule has 1 aromatic carbocycles. The molecule has 0 radical (unpaired) electrons. The van der Waals surface area contributed by atoms with E-state index in [0.29, 0.717) is 36.0 Å². The van der Waals surface area contributed by atoms with Crippen LogP contribution in [0, 0.1) is 17.8 Å². The number of nitrogens with zero attached hydrogens (tertiary/aromatic N) is 1. The zero-order valence-electron chi connectivity index (χ0n) is 11.0. The van der Waals surface area contributed by atoms with Crippen LogP contribution >= 0.6 is 0 Å². The summed E-state index contributed by atoms with van der Waals surface area (Å²) in [5.41, 5.74) is 2.39. The number of phenols is 1. The maximum Gasteiger partial charge on any atom is 0.226 e. The second kappa shape index (κ2) is 3.99. The molecule has 100 valence electrons. The Morgan fingerprint density at radius 3 is 2.79 bits per heavy atom. The number of phenolic OH excluding ortho intramolecular Hbond substituents is 1. The van der Waals surface area contributed by atoms with Crippen LogP contribution in [0.1, 0.15) is 30.4 Å². The summed E-state index contributed by atoms with van der Waals surface area (Å²) < 4.78 is 0. The van der Waals surface area contributed by atoms with Gasteiger partial charge in [0.15, 0.2) is 0 Å². The Morgan fingerprint density at radius 1 is 1.21 bits per heavy atom. The van der Waals surface area contributed by atoms with Gasteiger partial charge in [0.25, 0.3) is 0 Å². The van der Waals surface area contributed by atoms with Crippen LogP contribution in [0.15, 0.2) is 18.2 Å². The van der Waals surface area contributed by atoms with Gasteiger partial charge in [-0.2, -0.15) is 0 Å². The highest BCUT2D eigenvalue weighted by Crippen LogP contribution is 2.58. The lowest BCUT2D eigenvalue weighted by Crippen LogP contribution is -2.37. The van der Waals surface area contributed by atoms with E-state index in [0.717, 1.165) is 18.5 Å². The number of carbonyl (C=O) groups excluding carboxylic acids is 1. The lowest BCUT2D eigenvalue weighted by atomic mass is 9.98.